The third kappa shape index (κ3) is 2.35. The standard InChI is InChI=1S/C18H17N3/c1-2-11-21(10-1)16-5-3-4-14(12-16)15-6-7-17-18(13-15)20-9-8-19-17/h3-9,12-13H,1-2,10-11H2. The van der Waals surface area contributed by atoms with Crippen molar-refractivity contribution >= 4 is 16.7 Å². The molecule has 1 fully saturated rings. The smallest absolute Gasteiger partial charge is 0.0892 e. The molecular weight excluding hydrogens is 258 g/mol. The zero-order valence-corrected chi connectivity index (χ0v) is 11.9. The highest BCUT2D eigenvalue weighted by Gasteiger charge is 2.12. The highest BCUT2D eigenvalue weighted by Crippen LogP contribution is 2.28. The Hall–Kier alpha value is -2.42. The molecule has 1 aliphatic rings. The maximum absolute atomic E-state index is 4.39. The Morgan fingerprint density at radius 2 is 1.52 bits per heavy atom. The molecule has 0 saturated carbocycles. The first kappa shape index (κ1) is 12.3. The van der Waals surface area contributed by atoms with Crippen molar-refractivity contribution in [3.63, 3.8) is 0 Å². The fraction of sp³-hybridized carbons (Fsp3) is 0.222. The van der Waals surface area contributed by atoms with Crippen molar-refractivity contribution in [2.45, 2.75) is 12.8 Å². The van der Waals surface area contributed by atoms with Gasteiger partial charge in [0.05, 0.1) is 11.0 Å². The minimum Gasteiger partial charge on any atom is -0.372 e. The third-order valence-electron chi connectivity index (χ3n) is 4.12. The second-order valence-electron chi connectivity index (χ2n) is 5.50. The summed E-state index contributed by atoms with van der Waals surface area (Å²) in [5.41, 5.74) is 5.65. The normalized spacial score (nSPS) is 14.8. The molecule has 0 bridgehead atoms. The third-order valence-corrected chi connectivity index (χ3v) is 4.12. The molecule has 2 aromatic carbocycles. The Bertz CT molecular complexity index is 776. The van der Waals surface area contributed by atoms with Gasteiger partial charge in [-0.3, -0.25) is 9.97 Å². The van der Waals surface area contributed by atoms with Gasteiger partial charge in [0, 0.05) is 31.2 Å². The quantitative estimate of drug-likeness (QED) is 0.710. The van der Waals surface area contributed by atoms with Crippen molar-refractivity contribution in [3.05, 3.63) is 54.9 Å². The van der Waals surface area contributed by atoms with Crippen LogP contribution in [-0.2, 0) is 0 Å². The van der Waals surface area contributed by atoms with Gasteiger partial charge in [-0.15, -0.1) is 0 Å². The minimum atomic E-state index is 0.942. The van der Waals surface area contributed by atoms with Crippen molar-refractivity contribution in [3.8, 4) is 11.1 Å². The average Bonchev–Trinajstić information content (AvgIpc) is 3.09. The van der Waals surface area contributed by atoms with E-state index in [-0.39, 0.29) is 0 Å². The van der Waals surface area contributed by atoms with Crippen LogP contribution in [0.15, 0.2) is 54.9 Å². The van der Waals surface area contributed by atoms with E-state index in [0.717, 1.165) is 11.0 Å². The van der Waals surface area contributed by atoms with E-state index in [2.05, 4.69) is 51.3 Å². The summed E-state index contributed by atoms with van der Waals surface area (Å²) in [7, 11) is 0. The Morgan fingerprint density at radius 1 is 0.762 bits per heavy atom. The van der Waals surface area contributed by atoms with E-state index in [4.69, 9.17) is 0 Å². The predicted octanol–water partition coefficient (Wildman–Crippen LogP) is 3.90. The van der Waals surface area contributed by atoms with Gasteiger partial charge >= 0.3 is 0 Å². The predicted molar refractivity (Wildman–Crippen MR) is 86.4 cm³/mol. The van der Waals surface area contributed by atoms with Gasteiger partial charge in [0.1, 0.15) is 0 Å². The summed E-state index contributed by atoms with van der Waals surface area (Å²) < 4.78 is 0. The van der Waals surface area contributed by atoms with E-state index in [1.807, 2.05) is 6.07 Å². The number of nitrogens with zero attached hydrogens (tertiary/aromatic N) is 3. The number of fused-ring (bicyclic) bond motifs is 1. The van der Waals surface area contributed by atoms with E-state index in [9.17, 15) is 0 Å². The summed E-state index contributed by atoms with van der Waals surface area (Å²) in [6.45, 7) is 2.35. The monoisotopic (exact) mass is 275 g/mol. The SMILES string of the molecule is c1cc(-c2ccc3nccnc3c2)cc(N2CCCC2)c1. The van der Waals surface area contributed by atoms with Crippen LogP contribution < -0.4 is 4.90 Å². The lowest BCUT2D eigenvalue weighted by atomic mass is 10.0. The van der Waals surface area contributed by atoms with Crippen LogP contribution in [0.25, 0.3) is 22.2 Å². The molecule has 3 heteroatoms. The molecule has 3 nitrogen and oxygen atoms in total. The molecule has 1 aliphatic heterocycles. The van der Waals surface area contributed by atoms with Crippen molar-refractivity contribution in [2.24, 2.45) is 0 Å². The second kappa shape index (κ2) is 5.17. The molecule has 0 N–H and O–H groups in total. The van der Waals surface area contributed by atoms with Crippen molar-refractivity contribution in [2.75, 3.05) is 18.0 Å². The molecule has 0 unspecified atom stereocenters. The number of hydrogen-bond acceptors (Lipinski definition) is 3. The lowest BCUT2D eigenvalue weighted by molar-refractivity contribution is 0.949. The number of aromatic nitrogens is 2. The summed E-state index contributed by atoms with van der Waals surface area (Å²) in [5, 5.41) is 0. The highest BCUT2D eigenvalue weighted by atomic mass is 15.1. The summed E-state index contributed by atoms with van der Waals surface area (Å²) in [5.74, 6) is 0. The summed E-state index contributed by atoms with van der Waals surface area (Å²) >= 11 is 0. The maximum atomic E-state index is 4.39. The second-order valence-corrected chi connectivity index (χ2v) is 5.50. The van der Waals surface area contributed by atoms with Crippen LogP contribution in [0.5, 0.6) is 0 Å². The van der Waals surface area contributed by atoms with Gasteiger partial charge in [-0.25, -0.2) is 0 Å². The first-order chi connectivity index (χ1) is 10.4. The summed E-state index contributed by atoms with van der Waals surface area (Å²) in [6.07, 6.45) is 6.08. The van der Waals surface area contributed by atoms with Crippen molar-refractivity contribution in [1.29, 1.82) is 0 Å². The first-order valence-corrected chi connectivity index (χ1v) is 7.46. The zero-order valence-electron chi connectivity index (χ0n) is 11.9. The Balaban J connectivity index is 1.75. The molecule has 104 valence electrons. The maximum Gasteiger partial charge on any atom is 0.0892 e. The number of benzene rings is 2. The molecule has 4 rings (SSSR count). The molecule has 0 aliphatic carbocycles. The Kier molecular flexibility index (Phi) is 3.03. The molecule has 2 heterocycles. The van der Waals surface area contributed by atoms with Gasteiger partial charge in [-0.2, -0.15) is 0 Å². The van der Waals surface area contributed by atoms with Gasteiger partial charge in [0.2, 0.25) is 0 Å². The minimum absolute atomic E-state index is 0.942. The largest absolute Gasteiger partial charge is 0.372 e. The van der Waals surface area contributed by atoms with Gasteiger partial charge in [0.15, 0.2) is 0 Å². The van der Waals surface area contributed by atoms with E-state index < -0.39 is 0 Å². The molecular formula is C18H17N3. The van der Waals surface area contributed by atoms with E-state index in [1.165, 1.54) is 42.7 Å². The van der Waals surface area contributed by atoms with Crippen LogP contribution in [0.3, 0.4) is 0 Å². The van der Waals surface area contributed by atoms with Gasteiger partial charge in [-0.1, -0.05) is 18.2 Å². The lowest BCUT2D eigenvalue weighted by Crippen LogP contribution is -2.17. The number of anilines is 1. The Morgan fingerprint density at radius 3 is 2.38 bits per heavy atom. The first-order valence-electron chi connectivity index (χ1n) is 7.46. The van der Waals surface area contributed by atoms with E-state index >= 15 is 0 Å². The van der Waals surface area contributed by atoms with Crippen LogP contribution in [0, 0.1) is 0 Å². The van der Waals surface area contributed by atoms with Crippen LogP contribution in [0.4, 0.5) is 5.69 Å². The molecule has 0 spiro atoms. The molecule has 1 aromatic heterocycles. The van der Waals surface area contributed by atoms with Gasteiger partial charge in [-0.05, 0) is 48.2 Å². The summed E-state index contributed by atoms with van der Waals surface area (Å²) in [6, 6.07) is 15.1. The van der Waals surface area contributed by atoms with Crippen LogP contribution in [0.2, 0.25) is 0 Å². The zero-order chi connectivity index (χ0) is 14.1. The Labute approximate surface area is 124 Å². The van der Waals surface area contributed by atoms with Gasteiger partial charge < -0.3 is 4.90 Å². The highest BCUT2D eigenvalue weighted by molar-refractivity contribution is 5.81. The number of rotatable bonds is 2. The molecule has 0 amide bonds. The van der Waals surface area contributed by atoms with Crippen molar-refractivity contribution < 1.29 is 0 Å². The average molecular weight is 275 g/mol. The van der Waals surface area contributed by atoms with Crippen LogP contribution in [-0.4, -0.2) is 23.1 Å². The van der Waals surface area contributed by atoms with E-state index in [1.54, 1.807) is 12.4 Å². The fourth-order valence-corrected chi connectivity index (χ4v) is 3.00. The molecule has 0 atom stereocenters. The topological polar surface area (TPSA) is 29.0 Å². The molecule has 0 radical (unpaired) electrons. The van der Waals surface area contributed by atoms with Crippen LogP contribution in [0.1, 0.15) is 12.8 Å². The summed E-state index contributed by atoms with van der Waals surface area (Å²) in [4.78, 5) is 11.2. The number of hydrogen-bond donors (Lipinski definition) is 0. The lowest BCUT2D eigenvalue weighted by Gasteiger charge is -2.18. The molecule has 21 heavy (non-hydrogen) atoms. The molecule has 3 aromatic rings. The van der Waals surface area contributed by atoms with Gasteiger partial charge in [0.25, 0.3) is 0 Å². The van der Waals surface area contributed by atoms with E-state index in [0.29, 0.717) is 0 Å². The molecule has 1 saturated heterocycles. The fourth-order valence-electron chi connectivity index (χ4n) is 3.00. The van der Waals surface area contributed by atoms with Crippen LogP contribution >= 0.6 is 0 Å². The van der Waals surface area contributed by atoms with Crippen molar-refractivity contribution in [1.82, 2.24) is 9.97 Å².